The first kappa shape index (κ1) is 17.0. The summed E-state index contributed by atoms with van der Waals surface area (Å²) in [6.45, 7) is 2.71. The predicted molar refractivity (Wildman–Crippen MR) is 89.7 cm³/mol. The van der Waals surface area contributed by atoms with Crippen molar-refractivity contribution >= 4 is 11.9 Å². The van der Waals surface area contributed by atoms with Crippen molar-refractivity contribution in [3.05, 3.63) is 59.8 Å². The molecular weight excluding hydrogens is 290 g/mol. The van der Waals surface area contributed by atoms with Crippen molar-refractivity contribution in [1.82, 2.24) is 4.90 Å². The third-order valence-electron chi connectivity index (χ3n) is 3.67. The maximum Gasteiger partial charge on any atom is 0.415 e. The van der Waals surface area contributed by atoms with Gasteiger partial charge in [0, 0.05) is 6.54 Å². The average Bonchev–Trinajstić information content (AvgIpc) is 2.58. The number of hydrogen-bond acceptors (Lipinski definition) is 3. The molecule has 0 aromatic heterocycles. The molecule has 0 saturated heterocycles. The summed E-state index contributed by atoms with van der Waals surface area (Å²) in [5.74, 6) is -0.135. The molecule has 0 unspecified atom stereocenters. The molecule has 4 nitrogen and oxygen atoms in total. The summed E-state index contributed by atoms with van der Waals surface area (Å²) in [6.07, 6.45) is 8.64. The number of ether oxygens (including phenoxy) is 1. The highest BCUT2D eigenvalue weighted by Crippen LogP contribution is 2.16. The number of rotatable bonds is 6. The number of ketones is 1. The van der Waals surface area contributed by atoms with Gasteiger partial charge in [0.25, 0.3) is 0 Å². The minimum atomic E-state index is -0.478. The van der Waals surface area contributed by atoms with Crippen molar-refractivity contribution < 1.29 is 14.3 Å². The van der Waals surface area contributed by atoms with Crippen LogP contribution in [0.1, 0.15) is 38.2 Å². The molecule has 0 atom stereocenters. The van der Waals surface area contributed by atoms with E-state index in [1.165, 1.54) is 11.0 Å². The number of carbonyl (C=O) groups excluding carboxylic acids is 2. The molecule has 1 heterocycles. The standard InChI is InChI=1S/C19H23NO3/c1-2-3-4-8-12-17-18(21)13-9-14-20(17)19(22)23-15-16-10-6-5-7-11-16/h5-7,9-13H,2-4,8,14-15H2,1H3/b17-12+. The lowest BCUT2D eigenvalue weighted by Crippen LogP contribution is -2.36. The lowest BCUT2D eigenvalue weighted by molar-refractivity contribution is -0.113. The lowest BCUT2D eigenvalue weighted by Gasteiger charge is -2.25. The smallest absolute Gasteiger partial charge is 0.415 e. The number of nitrogens with zero attached hydrogens (tertiary/aromatic N) is 1. The van der Waals surface area contributed by atoms with Crippen molar-refractivity contribution in [1.29, 1.82) is 0 Å². The second-order valence-electron chi connectivity index (χ2n) is 5.50. The first-order chi connectivity index (χ1) is 11.2. The number of unbranched alkanes of at least 4 members (excludes halogenated alkanes) is 3. The second kappa shape index (κ2) is 8.93. The summed E-state index contributed by atoms with van der Waals surface area (Å²) in [4.78, 5) is 25.7. The Morgan fingerprint density at radius 1 is 1.26 bits per heavy atom. The van der Waals surface area contributed by atoms with Gasteiger partial charge in [-0.1, -0.05) is 62.2 Å². The molecule has 4 heteroatoms. The van der Waals surface area contributed by atoms with Crippen LogP contribution in [0, 0.1) is 0 Å². The van der Waals surface area contributed by atoms with Crippen LogP contribution in [0.15, 0.2) is 54.3 Å². The molecule has 1 aliphatic heterocycles. The van der Waals surface area contributed by atoms with Gasteiger partial charge >= 0.3 is 6.09 Å². The summed E-state index contributed by atoms with van der Waals surface area (Å²) >= 11 is 0. The fourth-order valence-electron chi connectivity index (χ4n) is 2.40. The first-order valence-corrected chi connectivity index (χ1v) is 8.11. The summed E-state index contributed by atoms with van der Waals surface area (Å²) in [7, 11) is 0. The Bertz CT molecular complexity index is 590. The molecule has 1 aliphatic rings. The van der Waals surface area contributed by atoms with Crippen molar-refractivity contribution in [2.75, 3.05) is 6.54 Å². The number of allylic oxidation sites excluding steroid dienone is 2. The zero-order valence-electron chi connectivity index (χ0n) is 13.5. The molecule has 0 saturated carbocycles. The van der Waals surface area contributed by atoms with Crippen LogP contribution in [-0.4, -0.2) is 23.3 Å². The van der Waals surface area contributed by atoms with Crippen LogP contribution in [0.2, 0.25) is 0 Å². The fourth-order valence-corrected chi connectivity index (χ4v) is 2.40. The molecule has 0 N–H and O–H groups in total. The third kappa shape index (κ3) is 5.09. The van der Waals surface area contributed by atoms with E-state index in [1.807, 2.05) is 36.4 Å². The zero-order chi connectivity index (χ0) is 16.5. The van der Waals surface area contributed by atoms with Gasteiger partial charge in [0.15, 0.2) is 0 Å². The lowest BCUT2D eigenvalue weighted by atomic mass is 10.1. The first-order valence-electron chi connectivity index (χ1n) is 8.11. The quantitative estimate of drug-likeness (QED) is 0.583. The van der Waals surface area contributed by atoms with E-state index in [0.29, 0.717) is 12.2 Å². The normalized spacial score (nSPS) is 16.0. The van der Waals surface area contributed by atoms with Crippen LogP contribution >= 0.6 is 0 Å². The Hall–Kier alpha value is -2.36. The molecular formula is C19H23NO3. The Morgan fingerprint density at radius 2 is 2.04 bits per heavy atom. The topological polar surface area (TPSA) is 46.6 Å². The number of carbonyl (C=O) groups is 2. The highest BCUT2D eigenvalue weighted by atomic mass is 16.6. The van der Waals surface area contributed by atoms with Gasteiger partial charge in [0.1, 0.15) is 6.61 Å². The second-order valence-corrected chi connectivity index (χ2v) is 5.50. The SMILES string of the molecule is CCCCC/C=C1\C(=O)C=CCN1C(=O)OCc1ccccc1. The van der Waals surface area contributed by atoms with E-state index in [4.69, 9.17) is 4.74 Å². The highest BCUT2D eigenvalue weighted by molar-refractivity contribution is 6.06. The van der Waals surface area contributed by atoms with Gasteiger partial charge in [0.2, 0.25) is 5.78 Å². The Labute approximate surface area is 137 Å². The van der Waals surface area contributed by atoms with Crippen LogP contribution in [0.25, 0.3) is 0 Å². The van der Waals surface area contributed by atoms with Crippen LogP contribution < -0.4 is 0 Å². The maximum absolute atomic E-state index is 12.3. The van der Waals surface area contributed by atoms with E-state index >= 15 is 0 Å². The van der Waals surface area contributed by atoms with Crippen LogP contribution in [0.3, 0.4) is 0 Å². The van der Waals surface area contributed by atoms with Gasteiger partial charge < -0.3 is 4.74 Å². The summed E-state index contributed by atoms with van der Waals surface area (Å²) in [6, 6.07) is 9.51. The Balaban J connectivity index is 1.98. The van der Waals surface area contributed by atoms with Gasteiger partial charge in [-0.15, -0.1) is 0 Å². The van der Waals surface area contributed by atoms with Crippen molar-refractivity contribution in [3.8, 4) is 0 Å². The van der Waals surface area contributed by atoms with Crippen LogP contribution in [0.4, 0.5) is 4.79 Å². The summed E-state index contributed by atoms with van der Waals surface area (Å²) < 4.78 is 5.33. The molecule has 1 aromatic carbocycles. The number of hydrogen-bond donors (Lipinski definition) is 0. The van der Waals surface area contributed by atoms with E-state index in [9.17, 15) is 9.59 Å². The Morgan fingerprint density at radius 3 is 2.78 bits per heavy atom. The third-order valence-corrected chi connectivity index (χ3v) is 3.67. The molecule has 1 aromatic rings. The van der Waals surface area contributed by atoms with Crippen LogP contribution in [-0.2, 0) is 16.1 Å². The number of amides is 1. The van der Waals surface area contributed by atoms with Crippen molar-refractivity contribution in [2.45, 2.75) is 39.2 Å². The molecule has 0 fully saturated rings. The average molecular weight is 313 g/mol. The van der Waals surface area contributed by atoms with E-state index in [0.717, 1.165) is 31.2 Å². The fraction of sp³-hybridized carbons (Fsp3) is 0.368. The molecule has 2 rings (SSSR count). The van der Waals surface area contributed by atoms with Gasteiger partial charge in [-0.05, 0) is 24.5 Å². The predicted octanol–water partition coefficient (Wildman–Crippen LogP) is 4.23. The van der Waals surface area contributed by atoms with E-state index in [2.05, 4.69) is 6.92 Å². The van der Waals surface area contributed by atoms with Gasteiger partial charge in [0.05, 0.1) is 5.70 Å². The molecule has 0 bridgehead atoms. The van der Waals surface area contributed by atoms with E-state index in [1.54, 1.807) is 6.08 Å². The van der Waals surface area contributed by atoms with Crippen molar-refractivity contribution in [2.24, 2.45) is 0 Å². The molecule has 23 heavy (non-hydrogen) atoms. The molecule has 0 radical (unpaired) electrons. The minimum absolute atomic E-state index is 0.135. The monoisotopic (exact) mass is 313 g/mol. The molecule has 1 amide bonds. The van der Waals surface area contributed by atoms with E-state index in [-0.39, 0.29) is 12.4 Å². The molecule has 0 spiro atoms. The molecule has 0 aliphatic carbocycles. The zero-order valence-corrected chi connectivity index (χ0v) is 13.5. The van der Waals surface area contributed by atoms with Gasteiger partial charge in [-0.3, -0.25) is 9.69 Å². The highest BCUT2D eigenvalue weighted by Gasteiger charge is 2.25. The maximum atomic E-state index is 12.3. The molecule has 122 valence electrons. The minimum Gasteiger partial charge on any atom is -0.444 e. The number of benzene rings is 1. The van der Waals surface area contributed by atoms with Crippen LogP contribution in [0.5, 0.6) is 0 Å². The summed E-state index contributed by atoms with van der Waals surface area (Å²) in [5.41, 5.74) is 1.36. The summed E-state index contributed by atoms with van der Waals surface area (Å²) in [5, 5.41) is 0. The van der Waals surface area contributed by atoms with E-state index < -0.39 is 6.09 Å². The largest absolute Gasteiger partial charge is 0.444 e. The Kier molecular flexibility index (Phi) is 6.60. The van der Waals surface area contributed by atoms with Gasteiger partial charge in [-0.25, -0.2) is 4.79 Å². The van der Waals surface area contributed by atoms with Gasteiger partial charge in [-0.2, -0.15) is 0 Å². The van der Waals surface area contributed by atoms with Crippen molar-refractivity contribution in [3.63, 3.8) is 0 Å².